The van der Waals surface area contributed by atoms with Gasteiger partial charge in [-0.3, -0.25) is 9.89 Å². The summed E-state index contributed by atoms with van der Waals surface area (Å²) in [5, 5.41) is 9.93. The van der Waals surface area contributed by atoms with Crippen LogP contribution in [0.4, 0.5) is 5.69 Å². The minimum absolute atomic E-state index is 0.0897. The zero-order valence-corrected chi connectivity index (χ0v) is 10.3. The topological polar surface area (TPSA) is 70.7 Å². The van der Waals surface area contributed by atoms with Crippen LogP contribution in [-0.2, 0) is 6.42 Å². The molecular formula is C13H16N4O. The number of aryl methyl sites for hydroxylation is 1. The molecule has 0 saturated heterocycles. The van der Waals surface area contributed by atoms with E-state index in [4.69, 9.17) is 0 Å². The van der Waals surface area contributed by atoms with E-state index in [1.54, 1.807) is 6.92 Å². The highest BCUT2D eigenvalue weighted by Crippen LogP contribution is 2.10. The first-order chi connectivity index (χ1) is 8.75. The lowest BCUT2D eigenvalue weighted by atomic mass is 10.1. The summed E-state index contributed by atoms with van der Waals surface area (Å²) in [5.74, 6) is 0.996. The molecule has 1 aromatic heterocycles. The molecule has 18 heavy (non-hydrogen) atoms. The molecule has 0 aliphatic heterocycles. The summed E-state index contributed by atoms with van der Waals surface area (Å²) >= 11 is 0. The summed E-state index contributed by atoms with van der Waals surface area (Å²) in [6.45, 7) is 2.43. The number of carbonyl (C=O) groups excluding carboxylic acids is 1. The van der Waals surface area contributed by atoms with Crippen molar-refractivity contribution in [2.45, 2.75) is 19.8 Å². The number of aromatic amines is 1. The number of benzene rings is 1. The SMILES string of the molecule is CC(=O)c1ccc(NCCCc2ncn[nH]2)cc1. The normalized spacial score (nSPS) is 10.3. The van der Waals surface area contributed by atoms with E-state index in [9.17, 15) is 4.79 Å². The van der Waals surface area contributed by atoms with Crippen LogP contribution in [0.3, 0.4) is 0 Å². The van der Waals surface area contributed by atoms with E-state index >= 15 is 0 Å². The molecule has 0 fully saturated rings. The van der Waals surface area contributed by atoms with Gasteiger partial charge in [0.15, 0.2) is 5.78 Å². The molecule has 0 atom stereocenters. The van der Waals surface area contributed by atoms with E-state index in [0.717, 1.165) is 36.5 Å². The zero-order valence-electron chi connectivity index (χ0n) is 10.3. The summed E-state index contributed by atoms with van der Waals surface area (Å²) in [6, 6.07) is 7.51. The van der Waals surface area contributed by atoms with E-state index in [-0.39, 0.29) is 5.78 Å². The van der Waals surface area contributed by atoms with Crippen molar-refractivity contribution < 1.29 is 4.79 Å². The van der Waals surface area contributed by atoms with E-state index in [2.05, 4.69) is 20.5 Å². The molecule has 2 N–H and O–H groups in total. The van der Waals surface area contributed by atoms with Crippen molar-refractivity contribution in [2.75, 3.05) is 11.9 Å². The number of nitrogens with one attached hydrogen (secondary N) is 2. The molecule has 0 aliphatic carbocycles. The predicted octanol–water partition coefficient (Wildman–Crippen LogP) is 2.05. The van der Waals surface area contributed by atoms with Crippen LogP contribution < -0.4 is 5.32 Å². The smallest absolute Gasteiger partial charge is 0.159 e. The average Bonchev–Trinajstić information content (AvgIpc) is 2.88. The van der Waals surface area contributed by atoms with Crippen molar-refractivity contribution in [1.82, 2.24) is 15.2 Å². The highest BCUT2D eigenvalue weighted by atomic mass is 16.1. The molecule has 1 heterocycles. The average molecular weight is 244 g/mol. The van der Waals surface area contributed by atoms with Crippen molar-refractivity contribution >= 4 is 11.5 Å². The second kappa shape index (κ2) is 5.95. The maximum absolute atomic E-state index is 11.1. The van der Waals surface area contributed by atoms with Crippen molar-refractivity contribution in [3.05, 3.63) is 42.0 Å². The molecule has 5 nitrogen and oxygen atoms in total. The van der Waals surface area contributed by atoms with Crippen molar-refractivity contribution in [2.24, 2.45) is 0 Å². The van der Waals surface area contributed by atoms with Gasteiger partial charge in [-0.1, -0.05) is 0 Å². The molecule has 2 rings (SSSR count). The molecule has 0 radical (unpaired) electrons. The number of ketones is 1. The maximum Gasteiger partial charge on any atom is 0.159 e. The number of hydrogen-bond acceptors (Lipinski definition) is 4. The van der Waals surface area contributed by atoms with Crippen LogP contribution in [0, 0.1) is 0 Å². The highest BCUT2D eigenvalue weighted by molar-refractivity contribution is 5.94. The number of carbonyl (C=O) groups is 1. The fraction of sp³-hybridized carbons (Fsp3) is 0.308. The van der Waals surface area contributed by atoms with Crippen LogP contribution in [0.5, 0.6) is 0 Å². The van der Waals surface area contributed by atoms with Gasteiger partial charge in [0.05, 0.1) is 0 Å². The predicted molar refractivity (Wildman–Crippen MR) is 69.6 cm³/mol. The molecule has 0 saturated carbocycles. The van der Waals surface area contributed by atoms with Gasteiger partial charge >= 0.3 is 0 Å². The van der Waals surface area contributed by atoms with Crippen molar-refractivity contribution in [3.63, 3.8) is 0 Å². The minimum Gasteiger partial charge on any atom is -0.385 e. The van der Waals surface area contributed by atoms with E-state index in [0.29, 0.717) is 0 Å². The van der Waals surface area contributed by atoms with Crippen LogP contribution in [0.15, 0.2) is 30.6 Å². The quantitative estimate of drug-likeness (QED) is 0.602. The van der Waals surface area contributed by atoms with Gasteiger partial charge in [-0.2, -0.15) is 5.10 Å². The van der Waals surface area contributed by atoms with Crippen LogP contribution in [0.25, 0.3) is 0 Å². The molecule has 94 valence electrons. The number of rotatable bonds is 6. The van der Waals surface area contributed by atoms with Gasteiger partial charge < -0.3 is 5.32 Å². The van der Waals surface area contributed by atoms with Gasteiger partial charge in [0.25, 0.3) is 0 Å². The molecular weight excluding hydrogens is 228 g/mol. The summed E-state index contributed by atoms with van der Waals surface area (Å²) in [4.78, 5) is 15.2. The second-order valence-electron chi connectivity index (χ2n) is 4.10. The Bertz CT molecular complexity index is 490. The molecule has 0 unspecified atom stereocenters. The Balaban J connectivity index is 1.75. The number of hydrogen-bond donors (Lipinski definition) is 2. The Hall–Kier alpha value is -2.17. The third-order valence-electron chi connectivity index (χ3n) is 2.68. The Morgan fingerprint density at radius 3 is 2.72 bits per heavy atom. The van der Waals surface area contributed by atoms with Gasteiger partial charge in [-0.25, -0.2) is 4.98 Å². The third-order valence-corrected chi connectivity index (χ3v) is 2.68. The van der Waals surface area contributed by atoms with Gasteiger partial charge in [0, 0.05) is 24.2 Å². The Kier molecular flexibility index (Phi) is 4.06. The van der Waals surface area contributed by atoms with Crippen molar-refractivity contribution in [1.29, 1.82) is 0 Å². The van der Waals surface area contributed by atoms with Gasteiger partial charge in [0.1, 0.15) is 12.2 Å². The lowest BCUT2D eigenvalue weighted by Crippen LogP contribution is -2.04. The van der Waals surface area contributed by atoms with Gasteiger partial charge in [-0.15, -0.1) is 0 Å². The summed E-state index contributed by atoms with van der Waals surface area (Å²) < 4.78 is 0. The molecule has 0 bridgehead atoms. The number of anilines is 1. The van der Waals surface area contributed by atoms with Crippen LogP contribution in [0.1, 0.15) is 29.5 Å². The molecule has 0 spiro atoms. The second-order valence-corrected chi connectivity index (χ2v) is 4.10. The summed E-state index contributed by atoms with van der Waals surface area (Å²) in [6.07, 6.45) is 3.37. The van der Waals surface area contributed by atoms with Crippen LogP contribution >= 0.6 is 0 Å². The highest BCUT2D eigenvalue weighted by Gasteiger charge is 1.99. The van der Waals surface area contributed by atoms with Gasteiger partial charge in [-0.05, 0) is 37.6 Å². The molecule has 1 aromatic carbocycles. The monoisotopic (exact) mass is 244 g/mol. The molecule has 0 amide bonds. The molecule has 0 aliphatic rings. The summed E-state index contributed by atoms with van der Waals surface area (Å²) in [5.41, 5.74) is 1.76. The number of aromatic nitrogens is 3. The van der Waals surface area contributed by atoms with Gasteiger partial charge in [0.2, 0.25) is 0 Å². The molecule has 2 aromatic rings. The van der Waals surface area contributed by atoms with Crippen LogP contribution in [-0.4, -0.2) is 27.5 Å². The van der Waals surface area contributed by atoms with Crippen LogP contribution in [0.2, 0.25) is 0 Å². The maximum atomic E-state index is 11.1. The zero-order chi connectivity index (χ0) is 12.8. The molecule has 5 heteroatoms. The first-order valence-electron chi connectivity index (χ1n) is 5.95. The fourth-order valence-electron chi connectivity index (χ4n) is 1.66. The lowest BCUT2D eigenvalue weighted by molar-refractivity contribution is 0.101. The van der Waals surface area contributed by atoms with E-state index in [1.165, 1.54) is 6.33 Å². The number of Topliss-reactive ketones (excluding diaryl/α,β-unsaturated/α-hetero) is 1. The fourth-order valence-corrected chi connectivity index (χ4v) is 1.66. The lowest BCUT2D eigenvalue weighted by Gasteiger charge is -2.05. The first kappa shape index (κ1) is 12.3. The largest absolute Gasteiger partial charge is 0.385 e. The standard InChI is InChI=1S/C13H16N4O/c1-10(18)11-4-6-12(7-5-11)14-8-2-3-13-15-9-16-17-13/h4-7,9,14H,2-3,8H2,1H3,(H,15,16,17). The number of H-pyrrole nitrogens is 1. The Morgan fingerprint density at radius 2 is 2.11 bits per heavy atom. The van der Waals surface area contributed by atoms with E-state index < -0.39 is 0 Å². The summed E-state index contributed by atoms with van der Waals surface area (Å²) in [7, 11) is 0. The Morgan fingerprint density at radius 1 is 1.33 bits per heavy atom. The number of nitrogens with zero attached hydrogens (tertiary/aromatic N) is 2. The van der Waals surface area contributed by atoms with E-state index in [1.807, 2.05) is 24.3 Å². The third kappa shape index (κ3) is 3.41. The first-order valence-corrected chi connectivity index (χ1v) is 5.95. The van der Waals surface area contributed by atoms with Crippen molar-refractivity contribution in [3.8, 4) is 0 Å². The Labute approximate surface area is 106 Å². The minimum atomic E-state index is 0.0897.